The molecule has 3 aromatic rings. The molecule has 0 saturated carbocycles. The van der Waals surface area contributed by atoms with E-state index in [9.17, 15) is 13.6 Å². The average Bonchev–Trinajstić information content (AvgIpc) is 3.26. The fraction of sp³-hybridized carbons (Fsp3) is 0.348. The van der Waals surface area contributed by atoms with Crippen LogP contribution in [0.3, 0.4) is 0 Å². The SMILES string of the molecule is CCCc1[nH]c2ccc(F)cc2c1N1CCC(CC(=O)c2ccc(F)cc2)C1.Cl. The van der Waals surface area contributed by atoms with E-state index in [0.29, 0.717) is 12.0 Å². The zero-order valence-corrected chi connectivity index (χ0v) is 17.2. The molecular weight excluding hydrogens is 394 g/mol. The number of H-pyrrole nitrogens is 1. The summed E-state index contributed by atoms with van der Waals surface area (Å²) in [6.45, 7) is 3.75. The summed E-state index contributed by atoms with van der Waals surface area (Å²) in [5.74, 6) is -0.284. The Hall–Kier alpha value is -2.40. The van der Waals surface area contributed by atoms with Crippen molar-refractivity contribution in [2.45, 2.75) is 32.6 Å². The molecule has 0 bridgehead atoms. The van der Waals surface area contributed by atoms with E-state index in [-0.39, 0.29) is 35.7 Å². The van der Waals surface area contributed by atoms with E-state index < -0.39 is 0 Å². The fourth-order valence-electron chi connectivity index (χ4n) is 4.22. The van der Waals surface area contributed by atoms with Crippen LogP contribution in [-0.2, 0) is 6.42 Å². The number of anilines is 1. The number of fused-ring (bicyclic) bond motifs is 1. The van der Waals surface area contributed by atoms with Crippen molar-refractivity contribution >= 4 is 34.8 Å². The number of Topliss-reactive ketones (excluding diaryl/α,β-unsaturated/α-hetero) is 1. The predicted molar refractivity (Wildman–Crippen MR) is 115 cm³/mol. The Labute approximate surface area is 175 Å². The number of halogens is 3. The number of aromatic nitrogens is 1. The van der Waals surface area contributed by atoms with Gasteiger partial charge in [-0.15, -0.1) is 12.4 Å². The molecule has 4 rings (SSSR count). The van der Waals surface area contributed by atoms with Crippen molar-refractivity contribution in [3.63, 3.8) is 0 Å². The molecule has 1 fully saturated rings. The quantitative estimate of drug-likeness (QED) is 0.504. The lowest BCUT2D eigenvalue weighted by molar-refractivity contribution is 0.0965. The average molecular weight is 419 g/mol. The molecule has 29 heavy (non-hydrogen) atoms. The maximum atomic E-state index is 13.9. The molecule has 1 unspecified atom stereocenters. The molecular formula is C23H25ClF2N2O. The molecule has 0 radical (unpaired) electrons. The second-order valence-electron chi connectivity index (χ2n) is 7.63. The first-order valence-electron chi connectivity index (χ1n) is 9.89. The van der Waals surface area contributed by atoms with Gasteiger partial charge in [0.25, 0.3) is 0 Å². The molecule has 0 spiro atoms. The van der Waals surface area contributed by atoms with E-state index in [1.54, 1.807) is 24.3 Å². The van der Waals surface area contributed by atoms with Gasteiger partial charge in [0.1, 0.15) is 11.6 Å². The number of nitrogens with one attached hydrogen (secondary N) is 1. The van der Waals surface area contributed by atoms with Crippen LogP contribution in [0.5, 0.6) is 0 Å². The number of hydrogen-bond donors (Lipinski definition) is 1. The minimum absolute atomic E-state index is 0. The number of aryl methyl sites for hydroxylation is 1. The smallest absolute Gasteiger partial charge is 0.163 e. The number of aromatic amines is 1. The number of rotatable bonds is 6. The van der Waals surface area contributed by atoms with E-state index in [1.807, 2.05) is 0 Å². The Morgan fingerprint density at radius 1 is 1.14 bits per heavy atom. The van der Waals surface area contributed by atoms with E-state index in [0.717, 1.165) is 54.6 Å². The number of hydrogen-bond acceptors (Lipinski definition) is 2. The zero-order valence-electron chi connectivity index (χ0n) is 16.4. The highest BCUT2D eigenvalue weighted by atomic mass is 35.5. The Balaban J connectivity index is 0.00000240. The van der Waals surface area contributed by atoms with Crippen LogP contribution >= 0.6 is 12.4 Å². The van der Waals surface area contributed by atoms with Gasteiger partial charge in [0.15, 0.2) is 5.78 Å². The maximum Gasteiger partial charge on any atom is 0.163 e. The third kappa shape index (κ3) is 4.45. The van der Waals surface area contributed by atoms with E-state index >= 15 is 0 Å². The van der Waals surface area contributed by atoms with Crippen LogP contribution in [-0.4, -0.2) is 23.9 Å². The second-order valence-corrected chi connectivity index (χ2v) is 7.63. The van der Waals surface area contributed by atoms with Crippen LogP contribution in [0.15, 0.2) is 42.5 Å². The standard InChI is InChI=1S/C23H24F2N2O.ClH/c1-2-3-21-23(19-13-18(25)8-9-20(19)26-21)27-11-10-15(14-27)12-22(28)16-4-6-17(24)7-5-16;/h4-9,13,15,26H,2-3,10-12,14H2,1H3;1H. The van der Waals surface area contributed by atoms with Crippen molar-refractivity contribution < 1.29 is 13.6 Å². The summed E-state index contributed by atoms with van der Waals surface area (Å²) in [4.78, 5) is 18.3. The van der Waals surface area contributed by atoms with Gasteiger partial charge in [-0.25, -0.2) is 8.78 Å². The Morgan fingerprint density at radius 3 is 2.59 bits per heavy atom. The number of benzene rings is 2. The third-order valence-electron chi connectivity index (χ3n) is 5.55. The number of nitrogens with zero attached hydrogens (tertiary/aromatic N) is 1. The molecule has 1 aliphatic heterocycles. The lowest BCUT2D eigenvalue weighted by Gasteiger charge is -2.20. The summed E-state index contributed by atoms with van der Waals surface area (Å²) in [6, 6.07) is 10.6. The highest BCUT2D eigenvalue weighted by Gasteiger charge is 2.28. The molecule has 2 heterocycles. The van der Waals surface area contributed by atoms with Gasteiger partial charge < -0.3 is 9.88 Å². The first-order valence-corrected chi connectivity index (χ1v) is 9.89. The molecule has 1 aliphatic rings. The van der Waals surface area contributed by atoms with Crippen molar-refractivity contribution in [2.75, 3.05) is 18.0 Å². The van der Waals surface area contributed by atoms with Gasteiger partial charge in [-0.3, -0.25) is 4.79 Å². The minimum atomic E-state index is -0.335. The van der Waals surface area contributed by atoms with Crippen molar-refractivity contribution in [3.05, 3.63) is 65.4 Å². The predicted octanol–water partition coefficient (Wildman–Crippen LogP) is 5.92. The first-order chi connectivity index (χ1) is 13.5. The minimum Gasteiger partial charge on any atom is -0.369 e. The van der Waals surface area contributed by atoms with Crippen molar-refractivity contribution in [2.24, 2.45) is 5.92 Å². The van der Waals surface area contributed by atoms with Crippen LogP contribution in [0.4, 0.5) is 14.5 Å². The highest BCUT2D eigenvalue weighted by Crippen LogP contribution is 2.36. The zero-order chi connectivity index (χ0) is 19.7. The van der Waals surface area contributed by atoms with Gasteiger partial charge in [0.2, 0.25) is 0 Å². The summed E-state index contributed by atoms with van der Waals surface area (Å²) in [6.07, 6.45) is 3.27. The molecule has 1 N–H and O–H groups in total. The Kier molecular flexibility index (Phi) is 6.58. The molecule has 1 aromatic heterocycles. The molecule has 2 aromatic carbocycles. The summed E-state index contributed by atoms with van der Waals surface area (Å²) in [5, 5.41) is 0.911. The van der Waals surface area contributed by atoms with Gasteiger partial charge in [0, 0.05) is 41.7 Å². The molecule has 1 atom stereocenters. The Morgan fingerprint density at radius 2 is 1.86 bits per heavy atom. The van der Waals surface area contributed by atoms with Crippen LogP contribution in [0.25, 0.3) is 10.9 Å². The summed E-state index contributed by atoms with van der Waals surface area (Å²) in [7, 11) is 0. The van der Waals surface area contributed by atoms with Crippen LogP contribution in [0.1, 0.15) is 42.2 Å². The van der Waals surface area contributed by atoms with E-state index in [1.165, 1.54) is 18.2 Å². The lowest BCUT2D eigenvalue weighted by Crippen LogP contribution is -2.21. The third-order valence-corrected chi connectivity index (χ3v) is 5.55. The largest absolute Gasteiger partial charge is 0.369 e. The molecule has 3 nitrogen and oxygen atoms in total. The second kappa shape index (κ2) is 8.95. The lowest BCUT2D eigenvalue weighted by atomic mass is 9.97. The van der Waals surface area contributed by atoms with Crippen LogP contribution < -0.4 is 4.90 Å². The molecule has 0 aliphatic carbocycles. The summed E-state index contributed by atoms with van der Waals surface area (Å²) < 4.78 is 26.9. The number of carbonyl (C=O) groups is 1. The normalized spacial score (nSPS) is 16.2. The fourth-order valence-corrected chi connectivity index (χ4v) is 4.22. The van der Waals surface area contributed by atoms with Crippen molar-refractivity contribution in [1.29, 1.82) is 0 Å². The van der Waals surface area contributed by atoms with Gasteiger partial charge in [-0.2, -0.15) is 0 Å². The van der Waals surface area contributed by atoms with Crippen molar-refractivity contribution in [1.82, 2.24) is 4.98 Å². The molecule has 0 amide bonds. The van der Waals surface area contributed by atoms with Gasteiger partial charge in [0.05, 0.1) is 5.69 Å². The van der Waals surface area contributed by atoms with Gasteiger partial charge >= 0.3 is 0 Å². The van der Waals surface area contributed by atoms with Gasteiger partial charge in [-0.1, -0.05) is 13.3 Å². The van der Waals surface area contributed by atoms with E-state index in [2.05, 4.69) is 16.8 Å². The van der Waals surface area contributed by atoms with E-state index in [4.69, 9.17) is 0 Å². The summed E-state index contributed by atoms with van der Waals surface area (Å²) >= 11 is 0. The van der Waals surface area contributed by atoms with Gasteiger partial charge in [-0.05, 0) is 61.2 Å². The summed E-state index contributed by atoms with van der Waals surface area (Å²) in [5.41, 5.74) is 3.72. The van der Waals surface area contributed by atoms with Crippen molar-refractivity contribution in [3.8, 4) is 0 Å². The maximum absolute atomic E-state index is 13.9. The molecule has 1 saturated heterocycles. The number of ketones is 1. The molecule has 6 heteroatoms. The first kappa shape index (κ1) is 21.3. The van der Waals surface area contributed by atoms with Crippen LogP contribution in [0.2, 0.25) is 0 Å². The topological polar surface area (TPSA) is 36.1 Å². The highest BCUT2D eigenvalue weighted by molar-refractivity contribution is 5.97. The number of carbonyl (C=O) groups excluding carboxylic acids is 1. The van der Waals surface area contributed by atoms with Crippen LogP contribution in [0, 0.1) is 17.6 Å². The Bertz CT molecular complexity index is 1000. The molecule has 154 valence electrons. The monoisotopic (exact) mass is 418 g/mol.